The summed E-state index contributed by atoms with van der Waals surface area (Å²) in [6.07, 6.45) is 0.748. The van der Waals surface area contributed by atoms with Crippen molar-refractivity contribution in [3.05, 3.63) is 35.4 Å². The second kappa shape index (κ2) is 10.8. The third-order valence-corrected chi connectivity index (χ3v) is 3.34. The predicted octanol–water partition coefficient (Wildman–Crippen LogP) is 0.0760. The van der Waals surface area contributed by atoms with Gasteiger partial charge < -0.3 is 21.1 Å². The van der Waals surface area contributed by atoms with Crippen molar-refractivity contribution in [2.75, 3.05) is 19.6 Å². The zero-order chi connectivity index (χ0) is 18.7. The number of carbonyl (C=O) groups excluding carboxylic acids is 3. The Labute approximate surface area is 146 Å². The first kappa shape index (κ1) is 20.1. The summed E-state index contributed by atoms with van der Waals surface area (Å²) in [6, 6.07) is 6.45. The molecule has 0 fully saturated rings. The summed E-state index contributed by atoms with van der Waals surface area (Å²) in [5, 5.41) is 16.7. The van der Waals surface area contributed by atoms with E-state index in [-0.39, 0.29) is 36.1 Å². The molecule has 1 aromatic rings. The number of rotatable bonds is 10. The van der Waals surface area contributed by atoms with Crippen molar-refractivity contribution in [1.29, 1.82) is 0 Å². The van der Waals surface area contributed by atoms with Crippen molar-refractivity contribution in [2.45, 2.75) is 26.2 Å². The minimum absolute atomic E-state index is 0.0826. The zero-order valence-electron chi connectivity index (χ0n) is 14.1. The van der Waals surface area contributed by atoms with Crippen LogP contribution in [0.1, 0.15) is 35.7 Å². The highest BCUT2D eigenvalue weighted by Gasteiger charge is 2.07. The van der Waals surface area contributed by atoms with Gasteiger partial charge in [0.2, 0.25) is 17.7 Å². The van der Waals surface area contributed by atoms with Gasteiger partial charge >= 0.3 is 5.97 Å². The molecule has 8 heteroatoms. The maximum atomic E-state index is 11.7. The molecular weight excluding hydrogens is 326 g/mol. The van der Waals surface area contributed by atoms with Crippen LogP contribution in [0, 0.1) is 0 Å². The molecule has 0 aromatic heterocycles. The van der Waals surface area contributed by atoms with Crippen LogP contribution in [-0.2, 0) is 20.8 Å². The van der Waals surface area contributed by atoms with Crippen molar-refractivity contribution in [3.63, 3.8) is 0 Å². The van der Waals surface area contributed by atoms with Gasteiger partial charge in [-0.3, -0.25) is 14.4 Å². The number of benzene rings is 1. The Balaban J connectivity index is 2.15. The number of carboxylic acid groups (broad SMARTS) is 1. The van der Waals surface area contributed by atoms with E-state index in [0.717, 1.165) is 5.56 Å². The molecule has 0 unspecified atom stereocenters. The summed E-state index contributed by atoms with van der Waals surface area (Å²) in [5.74, 6) is -1.61. The average Bonchev–Trinajstić information content (AvgIpc) is 2.57. The Morgan fingerprint density at radius 1 is 0.840 bits per heavy atom. The molecule has 0 atom stereocenters. The van der Waals surface area contributed by atoms with Crippen LogP contribution >= 0.6 is 0 Å². The van der Waals surface area contributed by atoms with Crippen LogP contribution in [0.25, 0.3) is 0 Å². The fourth-order valence-electron chi connectivity index (χ4n) is 2.00. The molecule has 25 heavy (non-hydrogen) atoms. The van der Waals surface area contributed by atoms with Gasteiger partial charge in [0.1, 0.15) is 0 Å². The lowest BCUT2D eigenvalue weighted by Crippen LogP contribution is -2.34. The van der Waals surface area contributed by atoms with Crippen molar-refractivity contribution in [2.24, 2.45) is 0 Å². The van der Waals surface area contributed by atoms with Crippen molar-refractivity contribution in [3.8, 4) is 0 Å². The average molecular weight is 349 g/mol. The lowest BCUT2D eigenvalue weighted by atomic mass is 10.1. The predicted molar refractivity (Wildman–Crippen MR) is 91.0 cm³/mol. The molecule has 0 bridgehead atoms. The van der Waals surface area contributed by atoms with Gasteiger partial charge in [-0.2, -0.15) is 0 Å². The van der Waals surface area contributed by atoms with E-state index in [2.05, 4.69) is 16.0 Å². The molecule has 4 N–H and O–H groups in total. The largest absolute Gasteiger partial charge is 0.478 e. The number of nitrogens with one attached hydrogen (secondary N) is 3. The summed E-state index contributed by atoms with van der Waals surface area (Å²) in [7, 11) is 0. The van der Waals surface area contributed by atoms with E-state index in [1.807, 2.05) is 0 Å². The quantitative estimate of drug-likeness (QED) is 0.445. The lowest BCUT2D eigenvalue weighted by molar-refractivity contribution is -0.126. The third-order valence-electron chi connectivity index (χ3n) is 3.34. The molecule has 0 saturated carbocycles. The van der Waals surface area contributed by atoms with Crippen LogP contribution in [0.15, 0.2) is 24.3 Å². The van der Waals surface area contributed by atoms with E-state index in [9.17, 15) is 19.2 Å². The Bertz CT molecular complexity index is 613. The first-order valence-corrected chi connectivity index (χ1v) is 7.98. The highest BCUT2D eigenvalue weighted by molar-refractivity contribution is 5.87. The van der Waals surface area contributed by atoms with Crippen LogP contribution in [0.2, 0.25) is 0 Å². The first-order valence-electron chi connectivity index (χ1n) is 7.98. The number of hydrogen-bond acceptors (Lipinski definition) is 4. The fourth-order valence-corrected chi connectivity index (χ4v) is 2.00. The van der Waals surface area contributed by atoms with Crippen LogP contribution in [0.5, 0.6) is 0 Å². The van der Waals surface area contributed by atoms with Gasteiger partial charge in [-0.25, -0.2) is 4.79 Å². The maximum Gasteiger partial charge on any atom is 0.335 e. The first-order chi connectivity index (χ1) is 11.9. The number of carbonyl (C=O) groups is 4. The summed E-state index contributed by atoms with van der Waals surface area (Å²) < 4.78 is 0. The molecule has 3 amide bonds. The lowest BCUT2D eigenvalue weighted by Gasteiger charge is -2.07. The Morgan fingerprint density at radius 3 is 1.88 bits per heavy atom. The van der Waals surface area contributed by atoms with E-state index in [1.165, 1.54) is 19.1 Å². The minimum Gasteiger partial charge on any atom is -0.478 e. The van der Waals surface area contributed by atoms with Gasteiger partial charge in [-0.15, -0.1) is 0 Å². The molecule has 0 spiro atoms. The van der Waals surface area contributed by atoms with Crippen LogP contribution in [0.4, 0.5) is 0 Å². The molecule has 1 rings (SSSR count). The van der Waals surface area contributed by atoms with E-state index >= 15 is 0 Å². The van der Waals surface area contributed by atoms with E-state index in [0.29, 0.717) is 26.1 Å². The molecule has 0 heterocycles. The van der Waals surface area contributed by atoms with Gasteiger partial charge in [-0.05, 0) is 24.1 Å². The van der Waals surface area contributed by atoms with Gasteiger partial charge in [0.25, 0.3) is 0 Å². The zero-order valence-corrected chi connectivity index (χ0v) is 14.1. The topological polar surface area (TPSA) is 125 Å². The summed E-state index contributed by atoms with van der Waals surface area (Å²) >= 11 is 0. The minimum atomic E-state index is -0.977. The molecule has 0 saturated heterocycles. The Kier molecular flexibility index (Phi) is 8.70. The third kappa shape index (κ3) is 9.09. The van der Waals surface area contributed by atoms with Crippen molar-refractivity contribution in [1.82, 2.24) is 16.0 Å². The number of amides is 3. The van der Waals surface area contributed by atoms with E-state index in [1.54, 1.807) is 12.1 Å². The summed E-state index contributed by atoms with van der Waals surface area (Å²) in [4.78, 5) is 44.6. The molecule has 0 aliphatic heterocycles. The van der Waals surface area contributed by atoms with Crippen molar-refractivity contribution < 1.29 is 24.3 Å². The van der Waals surface area contributed by atoms with Crippen LogP contribution < -0.4 is 16.0 Å². The maximum absolute atomic E-state index is 11.7. The monoisotopic (exact) mass is 349 g/mol. The van der Waals surface area contributed by atoms with Gasteiger partial charge in [0, 0.05) is 39.4 Å². The van der Waals surface area contributed by atoms with Crippen LogP contribution in [-0.4, -0.2) is 48.4 Å². The summed E-state index contributed by atoms with van der Waals surface area (Å²) in [5.41, 5.74) is 1.14. The molecular formula is C17H23N3O5. The SMILES string of the molecule is CC(=O)NCCNC(=O)CCC(=O)NCCc1ccc(C(=O)O)cc1. The molecule has 1 aromatic carbocycles. The highest BCUT2D eigenvalue weighted by atomic mass is 16.4. The van der Waals surface area contributed by atoms with Crippen LogP contribution in [0.3, 0.4) is 0 Å². The normalized spacial score (nSPS) is 9.96. The van der Waals surface area contributed by atoms with E-state index in [4.69, 9.17) is 5.11 Å². The standard InChI is InChI=1S/C17H23N3O5/c1-12(21)18-10-11-20-16(23)7-6-15(22)19-9-8-13-2-4-14(5-3-13)17(24)25/h2-5H,6-11H2,1H3,(H,18,21)(H,19,22)(H,20,23)(H,24,25). The molecule has 8 nitrogen and oxygen atoms in total. The van der Waals surface area contributed by atoms with Gasteiger partial charge in [0.15, 0.2) is 0 Å². The molecule has 136 valence electrons. The van der Waals surface area contributed by atoms with Gasteiger partial charge in [0.05, 0.1) is 5.56 Å². The Hall–Kier alpha value is -2.90. The number of aromatic carboxylic acids is 1. The fraction of sp³-hybridized carbons (Fsp3) is 0.412. The second-order valence-corrected chi connectivity index (χ2v) is 5.43. The van der Waals surface area contributed by atoms with Crippen molar-refractivity contribution >= 4 is 23.7 Å². The molecule has 0 radical (unpaired) electrons. The smallest absolute Gasteiger partial charge is 0.335 e. The second-order valence-electron chi connectivity index (χ2n) is 5.43. The Morgan fingerprint density at radius 2 is 1.36 bits per heavy atom. The number of hydrogen-bond donors (Lipinski definition) is 4. The van der Waals surface area contributed by atoms with Gasteiger partial charge in [-0.1, -0.05) is 12.1 Å². The summed E-state index contributed by atoms with van der Waals surface area (Å²) in [6.45, 7) is 2.49. The highest BCUT2D eigenvalue weighted by Crippen LogP contribution is 2.04. The molecule has 0 aliphatic rings. The molecule has 0 aliphatic carbocycles. The van der Waals surface area contributed by atoms with E-state index < -0.39 is 5.97 Å². The number of carboxylic acids is 1.